The summed E-state index contributed by atoms with van der Waals surface area (Å²) in [4.78, 5) is 40.6. The van der Waals surface area contributed by atoms with Gasteiger partial charge in [0.2, 0.25) is 5.91 Å². The van der Waals surface area contributed by atoms with Crippen molar-refractivity contribution in [3.05, 3.63) is 41.2 Å². The van der Waals surface area contributed by atoms with E-state index in [2.05, 4.69) is 15.7 Å². The van der Waals surface area contributed by atoms with Gasteiger partial charge in [-0.3, -0.25) is 19.1 Å². The third kappa shape index (κ3) is 4.82. The quantitative estimate of drug-likeness (QED) is 0.624. The lowest BCUT2D eigenvalue weighted by molar-refractivity contribution is -0.133. The van der Waals surface area contributed by atoms with Crippen molar-refractivity contribution in [3.63, 3.8) is 0 Å². The average molecular weight is 484 g/mol. The molecule has 1 fully saturated rings. The zero-order valence-electron chi connectivity index (χ0n) is 20.7. The summed E-state index contributed by atoms with van der Waals surface area (Å²) in [6.07, 6.45) is 5.30. The van der Waals surface area contributed by atoms with Crippen LogP contribution >= 0.6 is 0 Å². The van der Waals surface area contributed by atoms with E-state index in [1.54, 1.807) is 40.3 Å². The van der Waals surface area contributed by atoms with Crippen LogP contribution in [0.1, 0.15) is 65.6 Å². The maximum atomic E-state index is 13.2. The molecule has 10 nitrogen and oxygen atoms in total. The SMILES string of the molecule is COc1ccc(CNC(=O)c2cc3n(n2)CC(C)(C(=O)NC2CCCCC2)N(C)C3=O)cc1OC. The van der Waals surface area contributed by atoms with Gasteiger partial charge in [-0.15, -0.1) is 0 Å². The Morgan fingerprint density at radius 2 is 1.83 bits per heavy atom. The van der Waals surface area contributed by atoms with Gasteiger partial charge in [0.15, 0.2) is 17.2 Å². The number of nitrogens with zero attached hydrogens (tertiary/aromatic N) is 3. The molecule has 2 aromatic rings. The van der Waals surface area contributed by atoms with Crippen LogP contribution in [0.4, 0.5) is 0 Å². The molecule has 1 unspecified atom stereocenters. The number of fused-ring (bicyclic) bond motifs is 1. The van der Waals surface area contributed by atoms with E-state index in [0.29, 0.717) is 11.5 Å². The maximum absolute atomic E-state index is 13.2. The molecule has 10 heteroatoms. The van der Waals surface area contributed by atoms with Crippen LogP contribution in [0.5, 0.6) is 11.5 Å². The monoisotopic (exact) mass is 483 g/mol. The lowest BCUT2D eigenvalue weighted by Crippen LogP contribution is -2.63. The second kappa shape index (κ2) is 9.97. The topological polar surface area (TPSA) is 115 Å². The number of hydrogen-bond acceptors (Lipinski definition) is 6. The van der Waals surface area contributed by atoms with Crippen LogP contribution < -0.4 is 20.1 Å². The van der Waals surface area contributed by atoms with Crippen LogP contribution in [0.25, 0.3) is 0 Å². The molecule has 2 heterocycles. The Kier molecular flexibility index (Phi) is 7.00. The van der Waals surface area contributed by atoms with Crippen molar-refractivity contribution in [3.8, 4) is 11.5 Å². The first-order valence-corrected chi connectivity index (χ1v) is 11.9. The maximum Gasteiger partial charge on any atom is 0.272 e. The first-order chi connectivity index (χ1) is 16.8. The van der Waals surface area contributed by atoms with Gasteiger partial charge >= 0.3 is 0 Å². The second-order valence-corrected chi connectivity index (χ2v) is 9.39. The molecule has 1 aromatic heterocycles. The van der Waals surface area contributed by atoms with Crippen LogP contribution in [0, 0.1) is 0 Å². The van der Waals surface area contributed by atoms with E-state index in [0.717, 1.165) is 31.2 Å². The minimum atomic E-state index is -1.10. The molecule has 1 atom stereocenters. The fraction of sp³-hybridized carbons (Fsp3) is 0.520. The number of methoxy groups -OCH3 is 2. The van der Waals surface area contributed by atoms with Crippen molar-refractivity contribution in [2.24, 2.45) is 0 Å². The summed E-state index contributed by atoms with van der Waals surface area (Å²) in [5.74, 6) is 0.217. The predicted octanol–water partition coefficient (Wildman–Crippen LogP) is 2.12. The highest BCUT2D eigenvalue weighted by molar-refractivity contribution is 6.01. The molecule has 4 rings (SSSR count). The Morgan fingerprint density at radius 3 is 2.51 bits per heavy atom. The molecule has 1 saturated carbocycles. The average Bonchev–Trinajstić information content (AvgIpc) is 3.30. The zero-order valence-corrected chi connectivity index (χ0v) is 20.7. The van der Waals surface area contributed by atoms with Crippen LogP contribution in [0.3, 0.4) is 0 Å². The molecule has 188 valence electrons. The van der Waals surface area contributed by atoms with E-state index < -0.39 is 11.4 Å². The third-order valence-electron chi connectivity index (χ3n) is 7.06. The van der Waals surface area contributed by atoms with E-state index >= 15 is 0 Å². The van der Waals surface area contributed by atoms with Gasteiger partial charge in [-0.1, -0.05) is 25.3 Å². The van der Waals surface area contributed by atoms with Gasteiger partial charge in [-0.05, 0) is 37.5 Å². The molecule has 2 aliphatic rings. The van der Waals surface area contributed by atoms with Gasteiger partial charge in [-0.2, -0.15) is 5.10 Å². The third-order valence-corrected chi connectivity index (χ3v) is 7.06. The van der Waals surface area contributed by atoms with Gasteiger partial charge in [0, 0.05) is 25.7 Å². The zero-order chi connectivity index (χ0) is 25.2. The number of carbonyl (C=O) groups excluding carboxylic acids is 3. The number of ether oxygens (including phenoxy) is 2. The van der Waals surface area contributed by atoms with Crippen LogP contribution in [0.15, 0.2) is 24.3 Å². The Balaban J connectivity index is 1.46. The van der Waals surface area contributed by atoms with E-state index in [1.807, 2.05) is 6.07 Å². The Bertz CT molecular complexity index is 1120. The van der Waals surface area contributed by atoms with E-state index in [1.165, 1.54) is 22.1 Å². The summed E-state index contributed by atoms with van der Waals surface area (Å²) in [5.41, 5.74) is 0.134. The molecule has 35 heavy (non-hydrogen) atoms. The number of amides is 3. The molecule has 0 spiro atoms. The Hall–Kier alpha value is -3.56. The molecule has 1 aliphatic heterocycles. The number of carbonyl (C=O) groups is 3. The summed E-state index contributed by atoms with van der Waals surface area (Å²) in [5, 5.41) is 10.3. The molecular formula is C25H33N5O5. The first-order valence-electron chi connectivity index (χ1n) is 11.9. The summed E-state index contributed by atoms with van der Waals surface area (Å²) in [6, 6.07) is 6.99. The number of benzene rings is 1. The molecular weight excluding hydrogens is 450 g/mol. The molecule has 0 saturated heterocycles. The smallest absolute Gasteiger partial charge is 0.272 e. The predicted molar refractivity (Wildman–Crippen MR) is 128 cm³/mol. The molecule has 1 aromatic carbocycles. The van der Waals surface area contributed by atoms with Gasteiger partial charge in [-0.25, -0.2) is 0 Å². The molecule has 1 aliphatic carbocycles. The highest BCUT2D eigenvalue weighted by atomic mass is 16.5. The van der Waals surface area contributed by atoms with E-state index in [9.17, 15) is 14.4 Å². The Morgan fingerprint density at radius 1 is 1.11 bits per heavy atom. The van der Waals surface area contributed by atoms with Crippen molar-refractivity contribution in [1.82, 2.24) is 25.3 Å². The van der Waals surface area contributed by atoms with Crippen LogP contribution in [0.2, 0.25) is 0 Å². The van der Waals surface area contributed by atoms with Crippen molar-refractivity contribution in [2.75, 3.05) is 21.3 Å². The van der Waals surface area contributed by atoms with Crippen molar-refractivity contribution in [1.29, 1.82) is 0 Å². The van der Waals surface area contributed by atoms with Crippen LogP contribution in [-0.2, 0) is 17.9 Å². The Labute approximate surface area is 204 Å². The summed E-state index contributed by atoms with van der Waals surface area (Å²) < 4.78 is 12.0. The van der Waals surface area contributed by atoms with Gasteiger partial charge in [0.05, 0.1) is 20.8 Å². The molecule has 2 N–H and O–H groups in total. The fourth-order valence-corrected chi connectivity index (χ4v) is 4.69. The fourth-order valence-electron chi connectivity index (χ4n) is 4.69. The number of nitrogens with one attached hydrogen (secondary N) is 2. The van der Waals surface area contributed by atoms with Crippen molar-refractivity contribution < 1.29 is 23.9 Å². The van der Waals surface area contributed by atoms with Crippen LogP contribution in [-0.4, -0.2) is 65.2 Å². The minimum Gasteiger partial charge on any atom is -0.493 e. The lowest BCUT2D eigenvalue weighted by atomic mass is 9.92. The largest absolute Gasteiger partial charge is 0.493 e. The number of rotatable bonds is 7. The lowest BCUT2D eigenvalue weighted by Gasteiger charge is -2.41. The second-order valence-electron chi connectivity index (χ2n) is 9.39. The molecule has 3 amide bonds. The first kappa shape index (κ1) is 24.6. The van der Waals surface area contributed by atoms with Gasteiger partial charge in [0.25, 0.3) is 11.8 Å². The van der Waals surface area contributed by atoms with Crippen molar-refractivity contribution >= 4 is 17.7 Å². The molecule has 0 bridgehead atoms. The standard InChI is InChI=1S/C25H33N5O5/c1-25(24(33)27-17-8-6-5-7-9-17)15-30-19(23(32)29(25)2)13-18(28-30)22(31)26-14-16-10-11-20(34-3)21(12-16)35-4/h10-13,17H,5-9,14-15H2,1-4H3,(H,26,31)(H,27,33). The number of aromatic nitrogens is 2. The van der Waals surface area contributed by atoms with E-state index in [-0.39, 0.29) is 42.3 Å². The number of hydrogen-bond donors (Lipinski definition) is 2. The highest BCUT2D eigenvalue weighted by Gasteiger charge is 2.46. The van der Waals surface area contributed by atoms with Crippen molar-refractivity contribution in [2.45, 2.75) is 63.7 Å². The number of likely N-dealkylation sites (N-methyl/N-ethyl adjacent to an activating group) is 1. The summed E-state index contributed by atoms with van der Waals surface area (Å²) >= 11 is 0. The normalized spacial score (nSPS) is 20.2. The van der Waals surface area contributed by atoms with E-state index in [4.69, 9.17) is 9.47 Å². The van der Waals surface area contributed by atoms with Gasteiger partial charge < -0.3 is 25.0 Å². The minimum absolute atomic E-state index is 0.124. The highest BCUT2D eigenvalue weighted by Crippen LogP contribution is 2.29. The summed E-state index contributed by atoms with van der Waals surface area (Å²) in [7, 11) is 4.73. The summed E-state index contributed by atoms with van der Waals surface area (Å²) in [6.45, 7) is 2.16. The molecule has 0 radical (unpaired) electrons. The van der Waals surface area contributed by atoms with Gasteiger partial charge in [0.1, 0.15) is 11.2 Å².